The van der Waals surface area contributed by atoms with E-state index in [0.717, 1.165) is 19.0 Å². The number of benzene rings is 1. The van der Waals surface area contributed by atoms with Gasteiger partial charge in [-0.1, -0.05) is 37.6 Å². The largest absolute Gasteiger partial charge is 0.308 e. The number of nitrogens with one attached hydrogen (secondary N) is 1. The summed E-state index contributed by atoms with van der Waals surface area (Å²) in [6, 6.07) is 9.57. The molecule has 116 valence electrons. The molecule has 0 spiro atoms. The van der Waals surface area contributed by atoms with Crippen molar-refractivity contribution in [2.24, 2.45) is 5.92 Å². The van der Waals surface area contributed by atoms with Crippen LogP contribution in [0.2, 0.25) is 0 Å². The average Bonchev–Trinajstić information content (AvgIpc) is 3.30. The maximum atomic E-state index is 3.88. The molecule has 21 heavy (non-hydrogen) atoms. The molecule has 2 unspecified atom stereocenters. The Hall–Kier alpha value is -0.860. The van der Waals surface area contributed by atoms with E-state index in [2.05, 4.69) is 55.3 Å². The van der Waals surface area contributed by atoms with Crippen LogP contribution in [0.15, 0.2) is 24.3 Å². The molecule has 1 aromatic carbocycles. The van der Waals surface area contributed by atoms with Gasteiger partial charge in [-0.2, -0.15) is 0 Å². The second-order valence-corrected chi connectivity index (χ2v) is 7.35. The minimum Gasteiger partial charge on any atom is -0.308 e. The Morgan fingerprint density at radius 1 is 1.29 bits per heavy atom. The quantitative estimate of drug-likeness (QED) is 0.887. The van der Waals surface area contributed by atoms with Crippen LogP contribution in [0.1, 0.15) is 50.7 Å². The van der Waals surface area contributed by atoms with E-state index >= 15 is 0 Å². The van der Waals surface area contributed by atoms with Crippen LogP contribution in [-0.4, -0.2) is 29.6 Å². The van der Waals surface area contributed by atoms with E-state index in [4.69, 9.17) is 0 Å². The van der Waals surface area contributed by atoms with Crippen LogP contribution < -0.4 is 5.32 Å². The second-order valence-electron chi connectivity index (χ2n) is 7.35. The first-order valence-electron chi connectivity index (χ1n) is 8.66. The van der Waals surface area contributed by atoms with Crippen LogP contribution >= 0.6 is 0 Å². The van der Waals surface area contributed by atoms with Gasteiger partial charge in [-0.15, -0.1) is 0 Å². The van der Waals surface area contributed by atoms with Gasteiger partial charge in [0.1, 0.15) is 0 Å². The van der Waals surface area contributed by atoms with Crippen molar-refractivity contribution in [1.29, 1.82) is 0 Å². The number of aryl methyl sites for hydroxylation is 1. The van der Waals surface area contributed by atoms with E-state index in [1.165, 1.54) is 43.4 Å². The fourth-order valence-corrected chi connectivity index (χ4v) is 3.89. The molecular formula is C19H30N2. The van der Waals surface area contributed by atoms with Crippen LogP contribution in [0.3, 0.4) is 0 Å². The molecule has 1 heterocycles. The average molecular weight is 286 g/mol. The van der Waals surface area contributed by atoms with Gasteiger partial charge in [0.25, 0.3) is 0 Å². The van der Waals surface area contributed by atoms with Gasteiger partial charge in [0.15, 0.2) is 0 Å². The molecule has 2 heteroatoms. The molecule has 0 radical (unpaired) electrons. The van der Waals surface area contributed by atoms with Crippen LogP contribution in [0.4, 0.5) is 0 Å². The van der Waals surface area contributed by atoms with Gasteiger partial charge in [0.2, 0.25) is 0 Å². The van der Waals surface area contributed by atoms with Gasteiger partial charge in [0, 0.05) is 31.2 Å². The van der Waals surface area contributed by atoms with Crippen LogP contribution in [-0.2, 0) is 6.54 Å². The Morgan fingerprint density at radius 3 is 2.71 bits per heavy atom. The maximum Gasteiger partial charge on any atom is 0.0309 e. The Morgan fingerprint density at radius 2 is 2.05 bits per heavy atom. The fraction of sp³-hybridized carbons (Fsp3) is 0.684. The summed E-state index contributed by atoms with van der Waals surface area (Å²) in [5.74, 6) is 0.902. The van der Waals surface area contributed by atoms with Crippen molar-refractivity contribution in [2.45, 2.75) is 64.6 Å². The van der Waals surface area contributed by atoms with Gasteiger partial charge in [-0.25, -0.2) is 0 Å². The van der Waals surface area contributed by atoms with E-state index in [1.807, 2.05) is 0 Å². The second kappa shape index (κ2) is 6.10. The molecular weight excluding hydrogens is 256 g/mol. The molecule has 2 atom stereocenters. The standard InChI is InChI=1S/C19H30N2/c1-4-7-18-12-20-19(3,17-10-11-17)14-21(18)13-16-9-6-5-8-15(16)2/h5-6,8-9,17-18,20H,4,7,10-14H2,1-3H3. The summed E-state index contributed by atoms with van der Waals surface area (Å²) in [5, 5.41) is 3.88. The highest BCUT2D eigenvalue weighted by Gasteiger charge is 2.45. The summed E-state index contributed by atoms with van der Waals surface area (Å²) >= 11 is 0. The first kappa shape index (κ1) is 15.1. The van der Waals surface area contributed by atoms with E-state index < -0.39 is 0 Å². The predicted octanol–water partition coefficient (Wildman–Crippen LogP) is 3.74. The minimum absolute atomic E-state index is 0.340. The van der Waals surface area contributed by atoms with Crippen LogP contribution in [0.25, 0.3) is 0 Å². The zero-order chi connectivity index (χ0) is 14.9. The molecule has 2 nitrogen and oxygen atoms in total. The van der Waals surface area contributed by atoms with Crippen LogP contribution in [0, 0.1) is 12.8 Å². The summed E-state index contributed by atoms with van der Waals surface area (Å²) in [6.07, 6.45) is 5.41. The predicted molar refractivity (Wildman–Crippen MR) is 89.4 cm³/mol. The molecule has 1 aliphatic heterocycles. The lowest BCUT2D eigenvalue weighted by atomic mass is 9.89. The van der Waals surface area contributed by atoms with Crippen molar-refractivity contribution >= 4 is 0 Å². The Balaban J connectivity index is 1.75. The number of hydrogen-bond donors (Lipinski definition) is 1. The molecule has 3 rings (SSSR count). The van der Waals surface area contributed by atoms with Gasteiger partial charge in [0.05, 0.1) is 0 Å². The molecule has 1 aromatic rings. The van der Waals surface area contributed by atoms with Gasteiger partial charge in [-0.05, 0) is 50.2 Å². The topological polar surface area (TPSA) is 15.3 Å². The van der Waals surface area contributed by atoms with E-state index in [-0.39, 0.29) is 0 Å². The first-order chi connectivity index (χ1) is 10.1. The normalized spacial score (nSPS) is 30.5. The zero-order valence-electron chi connectivity index (χ0n) is 13.9. The summed E-state index contributed by atoms with van der Waals surface area (Å²) in [6.45, 7) is 10.5. The SMILES string of the molecule is CCCC1CNC(C)(C2CC2)CN1Cc1ccccc1C. The summed E-state index contributed by atoms with van der Waals surface area (Å²) < 4.78 is 0. The van der Waals surface area contributed by atoms with E-state index in [1.54, 1.807) is 0 Å². The third-order valence-electron chi connectivity index (χ3n) is 5.52. The summed E-state index contributed by atoms with van der Waals surface area (Å²) in [7, 11) is 0. The number of nitrogens with zero attached hydrogens (tertiary/aromatic N) is 1. The van der Waals surface area contributed by atoms with Crippen LogP contribution in [0.5, 0.6) is 0 Å². The van der Waals surface area contributed by atoms with Crippen molar-refractivity contribution < 1.29 is 0 Å². The smallest absolute Gasteiger partial charge is 0.0309 e. The maximum absolute atomic E-state index is 3.88. The lowest BCUT2D eigenvalue weighted by molar-refractivity contribution is 0.0637. The van der Waals surface area contributed by atoms with Crippen molar-refractivity contribution in [3.05, 3.63) is 35.4 Å². The molecule has 1 saturated carbocycles. The lowest BCUT2D eigenvalue weighted by Crippen LogP contribution is -2.63. The van der Waals surface area contributed by atoms with Crippen molar-refractivity contribution in [3.8, 4) is 0 Å². The van der Waals surface area contributed by atoms with E-state index in [0.29, 0.717) is 11.6 Å². The van der Waals surface area contributed by atoms with E-state index in [9.17, 15) is 0 Å². The third kappa shape index (κ3) is 3.32. The molecule has 0 bridgehead atoms. The molecule has 0 aromatic heterocycles. The highest BCUT2D eigenvalue weighted by Crippen LogP contribution is 2.41. The first-order valence-corrected chi connectivity index (χ1v) is 8.66. The third-order valence-corrected chi connectivity index (χ3v) is 5.52. The Kier molecular flexibility index (Phi) is 4.37. The highest BCUT2D eigenvalue weighted by atomic mass is 15.3. The summed E-state index contributed by atoms with van der Waals surface area (Å²) in [5.41, 5.74) is 3.27. The molecule has 1 aliphatic carbocycles. The highest BCUT2D eigenvalue weighted by molar-refractivity contribution is 5.25. The van der Waals surface area contributed by atoms with Gasteiger partial charge >= 0.3 is 0 Å². The number of piperazine rings is 1. The van der Waals surface area contributed by atoms with Gasteiger partial charge in [-0.3, -0.25) is 4.90 Å². The summed E-state index contributed by atoms with van der Waals surface area (Å²) in [4.78, 5) is 2.75. The monoisotopic (exact) mass is 286 g/mol. The van der Waals surface area contributed by atoms with Crippen molar-refractivity contribution in [2.75, 3.05) is 13.1 Å². The van der Waals surface area contributed by atoms with Crippen molar-refractivity contribution in [1.82, 2.24) is 10.2 Å². The van der Waals surface area contributed by atoms with Gasteiger partial charge < -0.3 is 5.32 Å². The molecule has 1 N–H and O–H groups in total. The fourth-order valence-electron chi connectivity index (χ4n) is 3.89. The molecule has 1 saturated heterocycles. The molecule has 2 aliphatic rings. The Labute approximate surface area is 129 Å². The number of rotatable bonds is 5. The zero-order valence-corrected chi connectivity index (χ0v) is 13.9. The minimum atomic E-state index is 0.340. The number of hydrogen-bond acceptors (Lipinski definition) is 2. The Bertz CT molecular complexity index is 480. The lowest BCUT2D eigenvalue weighted by Gasteiger charge is -2.47. The molecule has 0 amide bonds. The molecule has 2 fully saturated rings. The van der Waals surface area contributed by atoms with Crippen molar-refractivity contribution in [3.63, 3.8) is 0 Å².